The summed E-state index contributed by atoms with van der Waals surface area (Å²) in [5, 5.41) is 4.84. The summed E-state index contributed by atoms with van der Waals surface area (Å²) < 4.78 is 36.1. The first-order valence-corrected chi connectivity index (χ1v) is 15.7. The van der Waals surface area contributed by atoms with Gasteiger partial charge >= 0.3 is 0 Å². The zero-order valence-corrected chi connectivity index (χ0v) is 23.7. The standard InChI is InChI=1S/C28H28N4O4S3/c33-27-25(38-28(37)31(27)19-23-11-7-15-36-23)17-21-18-32(22-9-2-1-3-10-22)29-26(21)20-8-6-12-24(16-20)39(34,35)30-13-4-5-14-30/h1-3,6,8-10,12,16-18,23H,4-5,7,11,13-15,19H2. The minimum Gasteiger partial charge on any atom is -0.376 e. The normalized spacial score (nSPS) is 21.5. The molecule has 2 aromatic carbocycles. The van der Waals surface area contributed by atoms with Crippen LogP contribution in [0.2, 0.25) is 0 Å². The third kappa shape index (κ3) is 5.33. The van der Waals surface area contributed by atoms with Crippen LogP contribution >= 0.6 is 24.0 Å². The molecule has 3 saturated heterocycles. The summed E-state index contributed by atoms with van der Waals surface area (Å²) in [6.07, 6.45) is 7.32. The van der Waals surface area contributed by atoms with Crippen molar-refractivity contribution in [3.05, 3.63) is 71.3 Å². The molecule has 0 spiro atoms. The highest BCUT2D eigenvalue weighted by molar-refractivity contribution is 8.26. The molecule has 3 fully saturated rings. The van der Waals surface area contributed by atoms with E-state index in [2.05, 4.69) is 0 Å². The van der Waals surface area contributed by atoms with Gasteiger partial charge in [-0.05, 0) is 56.0 Å². The van der Waals surface area contributed by atoms with E-state index in [1.165, 1.54) is 16.1 Å². The van der Waals surface area contributed by atoms with Gasteiger partial charge in [0.1, 0.15) is 10.0 Å². The number of ether oxygens (including phenoxy) is 1. The molecule has 3 aliphatic rings. The number of nitrogens with zero attached hydrogens (tertiary/aromatic N) is 4. The smallest absolute Gasteiger partial charge is 0.266 e. The highest BCUT2D eigenvalue weighted by Crippen LogP contribution is 2.36. The molecular formula is C28H28N4O4S3. The van der Waals surface area contributed by atoms with Crippen molar-refractivity contribution >= 4 is 50.3 Å². The van der Waals surface area contributed by atoms with Gasteiger partial charge in [0.15, 0.2) is 0 Å². The van der Waals surface area contributed by atoms with Gasteiger partial charge in [-0.15, -0.1) is 0 Å². The first kappa shape index (κ1) is 26.4. The molecule has 202 valence electrons. The lowest BCUT2D eigenvalue weighted by Crippen LogP contribution is -2.35. The molecule has 1 atom stereocenters. The van der Waals surface area contributed by atoms with Gasteiger partial charge in [-0.2, -0.15) is 9.40 Å². The number of carbonyl (C=O) groups is 1. The average molecular weight is 581 g/mol. The van der Waals surface area contributed by atoms with Crippen molar-refractivity contribution in [2.24, 2.45) is 0 Å². The Hall–Kier alpha value is -2.83. The number of rotatable bonds is 7. The van der Waals surface area contributed by atoms with E-state index in [0.29, 0.717) is 52.3 Å². The molecule has 39 heavy (non-hydrogen) atoms. The molecule has 0 radical (unpaired) electrons. The molecule has 4 heterocycles. The monoisotopic (exact) mass is 580 g/mol. The Morgan fingerprint density at radius 1 is 1.08 bits per heavy atom. The van der Waals surface area contributed by atoms with Crippen molar-refractivity contribution in [2.75, 3.05) is 26.2 Å². The summed E-state index contributed by atoms with van der Waals surface area (Å²) in [5.41, 5.74) is 2.80. The van der Waals surface area contributed by atoms with E-state index in [1.807, 2.05) is 42.6 Å². The Morgan fingerprint density at radius 3 is 2.62 bits per heavy atom. The van der Waals surface area contributed by atoms with Crippen LogP contribution in [0.1, 0.15) is 31.2 Å². The molecule has 0 saturated carbocycles. The van der Waals surface area contributed by atoms with Crippen LogP contribution < -0.4 is 0 Å². The number of benzene rings is 2. The molecule has 0 bridgehead atoms. The highest BCUT2D eigenvalue weighted by Gasteiger charge is 2.35. The number of carbonyl (C=O) groups excluding carboxylic acids is 1. The quantitative estimate of drug-likeness (QED) is 0.296. The van der Waals surface area contributed by atoms with Crippen LogP contribution in [0.15, 0.2) is 70.6 Å². The number of amides is 1. The van der Waals surface area contributed by atoms with Crippen LogP contribution in [-0.2, 0) is 19.6 Å². The second-order valence-electron chi connectivity index (χ2n) is 9.78. The Labute approximate surface area is 237 Å². The van der Waals surface area contributed by atoms with Gasteiger partial charge < -0.3 is 4.74 Å². The van der Waals surface area contributed by atoms with E-state index < -0.39 is 10.0 Å². The zero-order valence-electron chi connectivity index (χ0n) is 21.2. The van der Waals surface area contributed by atoms with Crippen molar-refractivity contribution in [1.82, 2.24) is 19.0 Å². The van der Waals surface area contributed by atoms with Crippen LogP contribution in [0.25, 0.3) is 23.0 Å². The van der Waals surface area contributed by atoms with Gasteiger partial charge in [0.25, 0.3) is 5.91 Å². The van der Waals surface area contributed by atoms with E-state index in [0.717, 1.165) is 31.4 Å². The molecule has 1 aromatic heterocycles. The lowest BCUT2D eigenvalue weighted by atomic mass is 10.1. The van der Waals surface area contributed by atoms with Crippen molar-refractivity contribution in [1.29, 1.82) is 0 Å². The number of thiocarbonyl (C=S) groups is 1. The Balaban J connectivity index is 1.38. The number of thioether (sulfide) groups is 1. The lowest BCUT2D eigenvalue weighted by molar-refractivity contribution is -0.123. The second-order valence-corrected chi connectivity index (χ2v) is 13.4. The summed E-state index contributed by atoms with van der Waals surface area (Å²) in [7, 11) is -3.60. The van der Waals surface area contributed by atoms with Crippen LogP contribution in [0.5, 0.6) is 0 Å². The molecule has 1 amide bonds. The second kappa shape index (κ2) is 11.0. The molecule has 8 nitrogen and oxygen atoms in total. The molecule has 0 aliphatic carbocycles. The molecule has 11 heteroatoms. The summed E-state index contributed by atoms with van der Waals surface area (Å²) in [4.78, 5) is 15.7. The van der Waals surface area contributed by atoms with Crippen molar-refractivity contribution in [3.63, 3.8) is 0 Å². The third-order valence-corrected chi connectivity index (χ3v) is 10.4. The van der Waals surface area contributed by atoms with E-state index in [4.69, 9.17) is 22.1 Å². The topological polar surface area (TPSA) is 84.7 Å². The predicted octanol–water partition coefficient (Wildman–Crippen LogP) is 4.70. The van der Waals surface area contributed by atoms with Gasteiger partial charge in [-0.3, -0.25) is 9.69 Å². The maximum atomic E-state index is 13.3. The Bertz CT molecular complexity index is 1540. The molecular weight excluding hydrogens is 553 g/mol. The van der Waals surface area contributed by atoms with Crippen molar-refractivity contribution in [2.45, 2.75) is 36.7 Å². The average Bonchev–Trinajstić information content (AvgIpc) is 3.76. The van der Waals surface area contributed by atoms with E-state index in [-0.39, 0.29) is 16.9 Å². The summed E-state index contributed by atoms with van der Waals surface area (Å²) >= 11 is 6.81. The maximum absolute atomic E-state index is 13.3. The molecule has 1 unspecified atom stereocenters. The number of aromatic nitrogens is 2. The molecule has 6 rings (SSSR count). The predicted molar refractivity (Wildman–Crippen MR) is 156 cm³/mol. The summed E-state index contributed by atoms with van der Waals surface area (Å²) in [6.45, 7) is 2.24. The van der Waals surface area contributed by atoms with Crippen LogP contribution in [0, 0.1) is 0 Å². The fourth-order valence-corrected chi connectivity index (χ4v) is 7.93. The van der Waals surface area contributed by atoms with Crippen LogP contribution in [0.4, 0.5) is 0 Å². The highest BCUT2D eigenvalue weighted by atomic mass is 32.2. The number of hydrogen-bond donors (Lipinski definition) is 0. The minimum atomic E-state index is -3.60. The van der Waals surface area contributed by atoms with Crippen LogP contribution in [0.3, 0.4) is 0 Å². The first-order valence-electron chi connectivity index (χ1n) is 13.0. The fraction of sp³-hybridized carbons (Fsp3) is 0.321. The number of hydrogen-bond acceptors (Lipinski definition) is 7. The van der Waals surface area contributed by atoms with Gasteiger partial charge in [0, 0.05) is 37.0 Å². The molecule has 0 N–H and O–H groups in total. The Kier molecular flexibility index (Phi) is 7.43. The van der Waals surface area contributed by atoms with Gasteiger partial charge in [-0.25, -0.2) is 13.1 Å². The molecule has 3 aliphatic heterocycles. The van der Waals surface area contributed by atoms with E-state index in [1.54, 1.807) is 33.9 Å². The third-order valence-electron chi connectivity index (χ3n) is 7.14. The van der Waals surface area contributed by atoms with Crippen molar-refractivity contribution < 1.29 is 17.9 Å². The summed E-state index contributed by atoms with van der Waals surface area (Å²) in [6, 6.07) is 16.6. The minimum absolute atomic E-state index is 0.00328. The zero-order chi connectivity index (χ0) is 27.0. The van der Waals surface area contributed by atoms with Gasteiger partial charge in [0.2, 0.25) is 10.0 Å². The Morgan fingerprint density at radius 2 is 1.87 bits per heavy atom. The van der Waals surface area contributed by atoms with Gasteiger partial charge in [0.05, 0.1) is 28.1 Å². The number of sulfonamides is 1. The maximum Gasteiger partial charge on any atom is 0.266 e. The van der Waals surface area contributed by atoms with Crippen molar-refractivity contribution in [3.8, 4) is 16.9 Å². The first-order chi connectivity index (χ1) is 18.9. The van der Waals surface area contributed by atoms with Crippen LogP contribution in [-0.4, -0.2) is 70.0 Å². The van der Waals surface area contributed by atoms with Gasteiger partial charge in [-0.1, -0.05) is 54.3 Å². The fourth-order valence-electron chi connectivity index (χ4n) is 5.10. The SMILES string of the molecule is O=C1C(=Cc2cn(-c3ccccc3)nc2-c2cccc(S(=O)(=O)N3CCCC3)c2)SC(=S)N1CC1CCCO1. The van der Waals surface area contributed by atoms with E-state index in [9.17, 15) is 13.2 Å². The van der Waals surface area contributed by atoms with E-state index >= 15 is 0 Å². The largest absolute Gasteiger partial charge is 0.376 e. The lowest BCUT2D eigenvalue weighted by Gasteiger charge is -2.18. The number of para-hydroxylation sites is 1. The summed E-state index contributed by atoms with van der Waals surface area (Å²) in [5.74, 6) is -0.149. The molecule has 3 aromatic rings.